The summed E-state index contributed by atoms with van der Waals surface area (Å²) in [4.78, 5) is 4.38. The molecule has 0 saturated carbocycles. The molecule has 0 saturated heterocycles. The van der Waals surface area contributed by atoms with Crippen LogP contribution in [-0.4, -0.2) is 4.98 Å². The Morgan fingerprint density at radius 2 is 1.84 bits per heavy atom. The first kappa shape index (κ1) is 13.5. The van der Waals surface area contributed by atoms with Crippen molar-refractivity contribution >= 4 is 5.57 Å². The summed E-state index contributed by atoms with van der Waals surface area (Å²) in [5.74, 6) is 0. The number of allylic oxidation sites excluding steroid dienone is 2. The molecule has 98 valence electrons. The summed E-state index contributed by atoms with van der Waals surface area (Å²) in [6.07, 6.45) is 7.60. The highest BCUT2D eigenvalue weighted by Gasteiger charge is 2.02. The van der Waals surface area contributed by atoms with Gasteiger partial charge < -0.3 is 0 Å². The highest BCUT2D eigenvalue weighted by molar-refractivity contribution is 5.69. The van der Waals surface area contributed by atoms with Crippen molar-refractivity contribution in [1.82, 2.24) is 4.98 Å². The maximum absolute atomic E-state index is 4.38. The Kier molecular flexibility index (Phi) is 4.91. The Morgan fingerprint density at radius 1 is 1.05 bits per heavy atom. The van der Waals surface area contributed by atoms with Crippen LogP contribution in [-0.2, 0) is 0 Å². The maximum atomic E-state index is 4.38. The van der Waals surface area contributed by atoms with Crippen molar-refractivity contribution < 1.29 is 0 Å². The van der Waals surface area contributed by atoms with Crippen LogP contribution in [0.1, 0.15) is 38.7 Å². The number of pyridine rings is 1. The summed E-state index contributed by atoms with van der Waals surface area (Å²) in [6.45, 7) is 4.42. The van der Waals surface area contributed by atoms with Gasteiger partial charge in [0.1, 0.15) is 0 Å². The van der Waals surface area contributed by atoms with Gasteiger partial charge in [-0.05, 0) is 36.1 Å². The molecule has 0 aliphatic rings. The summed E-state index contributed by atoms with van der Waals surface area (Å²) in [5, 5.41) is 0. The molecule has 0 N–H and O–H groups in total. The van der Waals surface area contributed by atoms with Crippen LogP contribution >= 0.6 is 0 Å². The van der Waals surface area contributed by atoms with Crippen LogP contribution in [0.25, 0.3) is 16.8 Å². The zero-order valence-electron chi connectivity index (χ0n) is 11.8. The molecular weight excluding hydrogens is 230 g/mol. The van der Waals surface area contributed by atoms with Crippen LogP contribution in [0, 0.1) is 0 Å². The molecule has 2 rings (SSSR count). The molecule has 2 aromatic rings. The number of hydrogen-bond acceptors (Lipinski definition) is 1. The fourth-order valence-corrected chi connectivity index (χ4v) is 2.27. The molecule has 0 atom stereocenters. The third-order valence-electron chi connectivity index (χ3n) is 3.19. The molecule has 0 aliphatic carbocycles. The van der Waals surface area contributed by atoms with E-state index in [9.17, 15) is 0 Å². The van der Waals surface area contributed by atoms with Crippen LogP contribution in [0.3, 0.4) is 0 Å². The molecule has 0 amide bonds. The van der Waals surface area contributed by atoms with E-state index in [1.165, 1.54) is 23.1 Å². The molecule has 19 heavy (non-hydrogen) atoms. The first-order valence-electron chi connectivity index (χ1n) is 7.06. The third-order valence-corrected chi connectivity index (χ3v) is 3.19. The van der Waals surface area contributed by atoms with Crippen molar-refractivity contribution in [3.05, 3.63) is 60.3 Å². The van der Waals surface area contributed by atoms with Crippen molar-refractivity contribution in [3.8, 4) is 11.3 Å². The lowest BCUT2D eigenvalue weighted by Crippen LogP contribution is -1.87. The molecule has 1 nitrogen and oxygen atoms in total. The second-order valence-corrected chi connectivity index (χ2v) is 4.68. The second kappa shape index (κ2) is 6.89. The fraction of sp³-hybridized carbons (Fsp3) is 0.278. The minimum atomic E-state index is 1.03. The molecule has 1 heteroatoms. The zero-order chi connectivity index (χ0) is 13.5. The minimum absolute atomic E-state index is 1.03. The van der Waals surface area contributed by atoms with Crippen LogP contribution < -0.4 is 0 Å². The molecule has 0 fully saturated rings. The van der Waals surface area contributed by atoms with E-state index in [1.54, 1.807) is 0 Å². The maximum Gasteiger partial charge on any atom is 0.0701 e. The highest BCUT2D eigenvalue weighted by Crippen LogP contribution is 2.24. The van der Waals surface area contributed by atoms with Crippen LogP contribution in [0.2, 0.25) is 0 Å². The van der Waals surface area contributed by atoms with E-state index < -0.39 is 0 Å². The normalized spacial score (nSPS) is 11.6. The Morgan fingerprint density at radius 3 is 2.42 bits per heavy atom. The SMILES string of the molecule is CC/C=C(\CCC)c1ccc(-c2ccccn2)cc1. The molecule has 0 spiro atoms. The zero-order valence-corrected chi connectivity index (χ0v) is 11.8. The van der Waals surface area contributed by atoms with Crippen LogP contribution in [0.4, 0.5) is 0 Å². The van der Waals surface area contributed by atoms with Gasteiger partial charge in [-0.15, -0.1) is 0 Å². The topological polar surface area (TPSA) is 12.9 Å². The van der Waals surface area contributed by atoms with Crippen molar-refractivity contribution in [3.63, 3.8) is 0 Å². The van der Waals surface area contributed by atoms with E-state index in [-0.39, 0.29) is 0 Å². The largest absolute Gasteiger partial charge is 0.256 e. The molecule has 0 unspecified atom stereocenters. The Balaban J connectivity index is 2.25. The molecule has 0 radical (unpaired) electrons. The summed E-state index contributed by atoms with van der Waals surface area (Å²) in [6, 6.07) is 14.8. The Hall–Kier alpha value is -1.89. The fourth-order valence-electron chi connectivity index (χ4n) is 2.27. The first-order valence-corrected chi connectivity index (χ1v) is 7.06. The molecule has 1 aromatic carbocycles. The molecule has 0 aliphatic heterocycles. The monoisotopic (exact) mass is 251 g/mol. The lowest BCUT2D eigenvalue weighted by atomic mass is 9.98. The Bertz CT molecular complexity index is 523. The number of benzene rings is 1. The summed E-state index contributed by atoms with van der Waals surface area (Å²) < 4.78 is 0. The number of rotatable bonds is 5. The van der Waals surface area contributed by atoms with Crippen LogP contribution in [0.5, 0.6) is 0 Å². The lowest BCUT2D eigenvalue weighted by Gasteiger charge is -2.08. The number of hydrogen-bond donors (Lipinski definition) is 0. The predicted molar refractivity (Wildman–Crippen MR) is 82.8 cm³/mol. The smallest absolute Gasteiger partial charge is 0.0701 e. The van der Waals surface area contributed by atoms with E-state index in [4.69, 9.17) is 0 Å². The van der Waals surface area contributed by atoms with E-state index >= 15 is 0 Å². The van der Waals surface area contributed by atoms with Gasteiger partial charge in [0.2, 0.25) is 0 Å². The Labute approximate surface area is 116 Å². The van der Waals surface area contributed by atoms with E-state index in [0.717, 1.165) is 18.5 Å². The van der Waals surface area contributed by atoms with Gasteiger partial charge in [0.05, 0.1) is 5.69 Å². The minimum Gasteiger partial charge on any atom is -0.256 e. The third kappa shape index (κ3) is 3.54. The van der Waals surface area contributed by atoms with E-state index in [2.05, 4.69) is 49.2 Å². The molecule has 1 aromatic heterocycles. The highest BCUT2D eigenvalue weighted by atomic mass is 14.7. The number of nitrogens with zero attached hydrogens (tertiary/aromatic N) is 1. The van der Waals surface area contributed by atoms with Crippen molar-refractivity contribution in [2.75, 3.05) is 0 Å². The average molecular weight is 251 g/mol. The van der Waals surface area contributed by atoms with Crippen molar-refractivity contribution in [2.24, 2.45) is 0 Å². The van der Waals surface area contributed by atoms with Gasteiger partial charge in [0.15, 0.2) is 0 Å². The van der Waals surface area contributed by atoms with Gasteiger partial charge in [0.25, 0.3) is 0 Å². The molecular formula is C18H21N. The van der Waals surface area contributed by atoms with Gasteiger partial charge in [-0.3, -0.25) is 4.98 Å². The first-order chi connectivity index (χ1) is 9.35. The van der Waals surface area contributed by atoms with Crippen molar-refractivity contribution in [1.29, 1.82) is 0 Å². The molecule has 1 heterocycles. The standard InChI is InChI=1S/C18H21N/c1-3-7-15(8-4-2)16-10-12-17(13-11-16)18-9-5-6-14-19-18/h5-7,9-14H,3-4,8H2,1-2H3/b15-7+. The average Bonchev–Trinajstić information content (AvgIpc) is 2.48. The summed E-state index contributed by atoms with van der Waals surface area (Å²) in [7, 11) is 0. The van der Waals surface area contributed by atoms with Crippen molar-refractivity contribution in [2.45, 2.75) is 33.1 Å². The summed E-state index contributed by atoms with van der Waals surface area (Å²) >= 11 is 0. The lowest BCUT2D eigenvalue weighted by molar-refractivity contribution is 0.967. The van der Waals surface area contributed by atoms with E-state index in [0.29, 0.717) is 0 Å². The quantitative estimate of drug-likeness (QED) is 0.698. The predicted octanol–water partition coefficient (Wildman–Crippen LogP) is 5.34. The van der Waals surface area contributed by atoms with E-state index in [1.807, 2.05) is 24.4 Å². The van der Waals surface area contributed by atoms with Gasteiger partial charge >= 0.3 is 0 Å². The molecule has 0 bridgehead atoms. The van der Waals surface area contributed by atoms with Gasteiger partial charge in [-0.1, -0.05) is 56.7 Å². The van der Waals surface area contributed by atoms with Gasteiger partial charge in [0, 0.05) is 11.8 Å². The van der Waals surface area contributed by atoms with Gasteiger partial charge in [-0.25, -0.2) is 0 Å². The van der Waals surface area contributed by atoms with Gasteiger partial charge in [-0.2, -0.15) is 0 Å². The second-order valence-electron chi connectivity index (χ2n) is 4.68. The van der Waals surface area contributed by atoms with Crippen LogP contribution in [0.15, 0.2) is 54.7 Å². The summed E-state index contributed by atoms with van der Waals surface area (Å²) in [5.41, 5.74) is 5.00. The number of aromatic nitrogens is 1.